The number of amides is 1. The third kappa shape index (κ3) is 3.47. The number of carbonyl (C=O) groups is 1. The molecule has 2 heterocycles. The SMILES string of the molecule is O=C(Cc1cccnc1)NC[C@H]1OCCc2ccccc21. The van der Waals surface area contributed by atoms with Crippen LogP contribution < -0.4 is 5.32 Å². The topological polar surface area (TPSA) is 51.2 Å². The molecule has 4 nitrogen and oxygen atoms in total. The van der Waals surface area contributed by atoms with E-state index in [0.29, 0.717) is 19.6 Å². The van der Waals surface area contributed by atoms with Crippen molar-refractivity contribution in [2.24, 2.45) is 0 Å². The Kier molecular flexibility index (Phi) is 4.26. The van der Waals surface area contributed by atoms with Crippen molar-refractivity contribution in [1.82, 2.24) is 10.3 Å². The second-order valence-electron chi connectivity index (χ2n) is 5.15. The van der Waals surface area contributed by atoms with Gasteiger partial charge in [0.1, 0.15) is 6.10 Å². The number of carbonyl (C=O) groups excluding carboxylic acids is 1. The molecule has 4 heteroatoms. The normalized spacial score (nSPS) is 17.0. The van der Waals surface area contributed by atoms with Crippen LogP contribution in [-0.2, 0) is 22.4 Å². The Morgan fingerprint density at radius 1 is 1.29 bits per heavy atom. The first-order valence-corrected chi connectivity index (χ1v) is 7.18. The monoisotopic (exact) mass is 282 g/mol. The van der Waals surface area contributed by atoms with Crippen LogP contribution in [0.5, 0.6) is 0 Å². The summed E-state index contributed by atoms with van der Waals surface area (Å²) in [6.45, 7) is 1.22. The Bertz CT molecular complexity index is 613. The summed E-state index contributed by atoms with van der Waals surface area (Å²) in [5.74, 6) is -0.00495. The quantitative estimate of drug-likeness (QED) is 0.934. The fourth-order valence-electron chi connectivity index (χ4n) is 2.60. The van der Waals surface area contributed by atoms with Crippen LogP contribution in [0.4, 0.5) is 0 Å². The van der Waals surface area contributed by atoms with Crippen molar-refractivity contribution in [2.45, 2.75) is 18.9 Å². The Balaban J connectivity index is 1.57. The number of rotatable bonds is 4. The number of fused-ring (bicyclic) bond motifs is 1. The minimum atomic E-state index is -0.0483. The molecule has 108 valence electrons. The minimum Gasteiger partial charge on any atom is -0.371 e. The molecule has 0 fully saturated rings. The molecule has 0 saturated heterocycles. The highest BCUT2D eigenvalue weighted by Gasteiger charge is 2.20. The average Bonchev–Trinajstić information content (AvgIpc) is 2.54. The molecule has 0 saturated carbocycles. The maximum Gasteiger partial charge on any atom is 0.224 e. The van der Waals surface area contributed by atoms with Crippen molar-refractivity contribution < 1.29 is 9.53 Å². The van der Waals surface area contributed by atoms with Gasteiger partial charge < -0.3 is 10.1 Å². The summed E-state index contributed by atoms with van der Waals surface area (Å²) in [6, 6.07) is 12.0. The van der Waals surface area contributed by atoms with Crippen molar-refractivity contribution in [2.75, 3.05) is 13.2 Å². The predicted molar refractivity (Wildman–Crippen MR) is 79.8 cm³/mol. The maximum atomic E-state index is 12.0. The molecule has 2 aromatic rings. The standard InChI is InChI=1S/C17H18N2O2/c20-17(10-13-4-3-8-18-11-13)19-12-16-15-6-2-1-5-14(15)7-9-21-16/h1-6,8,11,16H,7,9-10,12H2,(H,19,20)/t16-/m1/s1. The molecule has 1 amide bonds. The van der Waals surface area contributed by atoms with Gasteiger partial charge in [-0.05, 0) is 29.2 Å². The van der Waals surface area contributed by atoms with Crippen LogP contribution in [0, 0.1) is 0 Å². The average molecular weight is 282 g/mol. The molecule has 0 spiro atoms. The van der Waals surface area contributed by atoms with Gasteiger partial charge in [-0.3, -0.25) is 9.78 Å². The van der Waals surface area contributed by atoms with Crippen molar-refractivity contribution in [3.63, 3.8) is 0 Å². The van der Waals surface area contributed by atoms with Gasteiger partial charge >= 0.3 is 0 Å². The molecule has 1 atom stereocenters. The molecule has 1 aliphatic rings. The van der Waals surface area contributed by atoms with Crippen molar-refractivity contribution in [3.05, 3.63) is 65.5 Å². The molecule has 0 radical (unpaired) electrons. The van der Waals surface area contributed by atoms with E-state index >= 15 is 0 Å². The Hall–Kier alpha value is -2.20. The van der Waals surface area contributed by atoms with Crippen LogP contribution in [0.3, 0.4) is 0 Å². The highest BCUT2D eigenvalue weighted by atomic mass is 16.5. The van der Waals surface area contributed by atoms with Crippen LogP contribution in [-0.4, -0.2) is 24.0 Å². The third-order valence-electron chi connectivity index (χ3n) is 3.66. The summed E-state index contributed by atoms with van der Waals surface area (Å²) >= 11 is 0. The molecular formula is C17H18N2O2. The van der Waals surface area contributed by atoms with E-state index in [0.717, 1.165) is 12.0 Å². The lowest BCUT2D eigenvalue weighted by molar-refractivity contribution is -0.121. The van der Waals surface area contributed by atoms with Gasteiger partial charge in [0, 0.05) is 18.9 Å². The molecule has 0 unspecified atom stereocenters. The number of pyridine rings is 1. The van der Waals surface area contributed by atoms with Crippen molar-refractivity contribution in [3.8, 4) is 0 Å². The summed E-state index contributed by atoms with van der Waals surface area (Å²) < 4.78 is 5.78. The number of nitrogens with zero attached hydrogens (tertiary/aromatic N) is 1. The molecule has 0 bridgehead atoms. The van der Waals surface area contributed by atoms with Gasteiger partial charge in [0.15, 0.2) is 0 Å². The molecular weight excluding hydrogens is 264 g/mol. The van der Waals surface area contributed by atoms with Crippen molar-refractivity contribution >= 4 is 5.91 Å². The lowest BCUT2D eigenvalue weighted by atomic mass is 9.97. The second kappa shape index (κ2) is 6.50. The number of hydrogen-bond acceptors (Lipinski definition) is 3. The van der Waals surface area contributed by atoms with Gasteiger partial charge in [-0.2, -0.15) is 0 Å². The molecule has 1 aromatic carbocycles. The second-order valence-corrected chi connectivity index (χ2v) is 5.15. The van der Waals surface area contributed by atoms with E-state index in [2.05, 4.69) is 22.4 Å². The van der Waals surface area contributed by atoms with Gasteiger partial charge in [0.25, 0.3) is 0 Å². The molecule has 21 heavy (non-hydrogen) atoms. The summed E-state index contributed by atoms with van der Waals surface area (Å²) in [5, 5.41) is 2.95. The number of aromatic nitrogens is 1. The van der Waals surface area contributed by atoms with E-state index in [1.807, 2.05) is 24.3 Å². The van der Waals surface area contributed by atoms with Crippen LogP contribution in [0.25, 0.3) is 0 Å². The van der Waals surface area contributed by atoms with E-state index in [1.54, 1.807) is 12.4 Å². The number of ether oxygens (including phenoxy) is 1. The van der Waals surface area contributed by atoms with E-state index in [4.69, 9.17) is 4.74 Å². The van der Waals surface area contributed by atoms with Gasteiger partial charge in [0.2, 0.25) is 5.91 Å². The number of hydrogen-bond donors (Lipinski definition) is 1. The molecule has 1 N–H and O–H groups in total. The first kappa shape index (κ1) is 13.8. The van der Waals surface area contributed by atoms with E-state index in [1.165, 1.54) is 11.1 Å². The fraction of sp³-hybridized carbons (Fsp3) is 0.294. The summed E-state index contributed by atoms with van der Waals surface area (Å²) in [5.41, 5.74) is 3.42. The molecule has 1 aromatic heterocycles. The third-order valence-corrected chi connectivity index (χ3v) is 3.66. The lowest BCUT2D eigenvalue weighted by Gasteiger charge is -2.26. The van der Waals surface area contributed by atoms with Crippen LogP contribution in [0.15, 0.2) is 48.8 Å². The van der Waals surface area contributed by atoms with Gasteiger partial charge in [-0.25, -0.2) is 0 Å². The summed E-state index contributed by atoms with van der Waals surface area (Å²) in [6.07, 6.45) is 4.66. The minimum absolute atomic E-state index is 0.00495. The van der Waals surface area contributed by atoms with E-state index in [9.17, 15) is 4.79 Å². The first-order valence-electron chi connectivity index (χ1n) is 7.18. The van der Waals surface area contributed by atoms with E-state index < -0.39 is 0 Å². The molecule has 1 aliphatic heterocycles. The zero-order valence-electron chi connectivity index (χ0n) is 11.8. The van der Waals surface area contributed by atoms with Crippen LogP contribution in [0.2, 0.25) is 0 Å². The zero-order chi connectivity index (χ0) is 14.5. The Morgan fingerprint density at radius 3 is 3.05 bits per heavy atom. The number of benzene rings is 1. The van der Waals surface area contributed by atoms with Crippen LogP contribution >= 0.6 is 0 Å². The summed E-state index contributed by atoms with van der Waals surface area (Å²) in [4.78, 5) is 16.0. The smallest absolute Gasteiger partial charge is 0.224 e. The highest BCUT2D eigenvalue weighted by molar-refractivity contribution is 5.78. The van der Waals surface area contributed by atoms with Crippen molar-refractivity contribution in [1.29, 1.82) is 0 Å². The van der Waals surface area contributed by atoms with Crippen LogP contribution in [0.1, 0.15) is 22.8 Å². The molecule has 3 rings (SSSR count). The van der Waals surface area contributed by atoms with Gasteiger partial charge in [0.05, 0.1) is 13.0 Å². The Morgan fingerprint density at radius 2 is 2.19 bits per heavy atom. The zero-order valence-corrected chi connectivity index (χ0v) is 11.8. The summed E-state index contributed by atoms with van der Waals surface area (Å²) in [7, 11) is 0. The Labute approximate surface area is 124 Å². The number of nitrogens with one attached hydrogen (secondary N) is 1. The first-order chi connectivity index (χ1) is 10.3. The maximum absolute atomic E-state index is 12.0. The highest BCUT2D eigenvalue weighted by Crippen LogP contribution is 2.26. The lowest BCUT2D eigenvalue weighted by Crippen LogP contribution is -2.32. The fourth-order valence-corrected chi connectivity index (χ4v) is 2.60. The predicted octanol–water partition coefficient (Wildman–Crippen LogP) is 2.05. The van der Waals surface area contributed by atoms with Gasteiger partial charge in [-0.15, -0.1) is 0 Å². The molecule has 0 aliphatic carbocycles. The largest absolute Gasteiger partial charge is 0.371 e. The van der Waals surface area contributed by atoms with E-state index in [-0.39, 0.29) is 12.0 Å². The van der Waals surface area contributed by atoms with Gasteiger partial charge in [-0.1, -0.05) is 30.3 Å².